The Kier molecular flexibility index (Phi) is 10.8. The van der Waals surface area contributed by atoms with E-state index in [2.05, 4.69) is 5.32 Å². The van der Waals surface area contributed by atoms with Crippen LogP contribution in [0.2, 0.25) is 5.02 Å². The maximum atomic E-state index is 15.1. The lowest BCUT2D eigenvalue weighted by Gasteiger charge is -2.34. The Bertz CT molecular complexity index is 1770. The van der Waals surface area contributed by atoms with E-state index in [1.165, 1.54) is 23.1 Å². The highest BCUT2D eigenvalue weighted by Crippen LogP contribution is 2.31. The fourth-order valence-corrected chi connectivity index (χ4v) is 7.49. The van der Waals surface area contributed by atoms with Crippen molar-refractivity contribution in [3.63, 3.8) is 0 Å². The molecule has 0 aromatic heterocycles. The van der Waals surface area contributed by atoms with E-state index in [0.29, 0.717) is 10.6 Å². The third-order valence-corrected chi connectivity index (χ3v) is 10.6. The van der Waals surface area contributed by atoms with Gasteiger partial charge in [-0.05, 0) is 61.2 Å². The van der Waals surface area contributed by atoms with Gasteiger partial charge in [-0.1, -0.05) is 97.2 Å². The third kappa shape index (κ3) is 7.77. The minimum Gasteiger partial charge on any atom is -0.352 e. The Morgan fingerprint density at radius 2 is 1.52 bits per heavy atom. The minimum atomic E-state index is -4.27. The first-order chi connectivity index (χ1) is 22.1. The largest absolute Gasteiger partial charge is 0.352 e. The summed E-state index contributed by atoms with van der Waals surface area (Å²) in [5.74, 6) is -1.56. The summed E-state index contributed by atoms with van der Waals surface area (Å²) < 4.78 is 44.5. The van der Waals surface area contributed by atoms with E-state index in [1.807, 2.05) is 30.3 Å². The maximum Gasteiger partial charge on any atom is 0.264 e. The van der Waals surface area contributed by atoms with Crippen LogP contribution in [0.15, 0.2) is 108 Å². The molecule has 5 rings (SSSR count). The van der Waals surface area contributed by atoms with Crippen LogP contribution in [0.4, 0.5) is 10.1 Å². The average molecular weight is 662 g/mol. The predicted octanol–water partition coefficient (Wildman–Crippen LogP) is 6.68. The monoisotopic (exact) mass is 661 g/mol. The van der Waals surface area contributed by atoms with Crippen LogP contribution in [0.25, 0.3) is 0 Å². The minimum absolute atomic E-state index is 0.0114. The predicted molar refractivity (Wildman–Crippen MR) is 178 cm³/mol. The van der Waals surface area contributed by atoms with Gasteiger partial charge in [0.05, 0.1) is 10.6 Å². The molecule has 4 aromatic carbocycles. The second kappa shape index (κ2) is 14.9. The lowest BCUT2D eigenvalue weighted by molar-refractivity contribution is -0.140. The molecule has 0 bridgehead atoms. The summed E-state index contributed by atoms with van der Waals surface area (Å²) in [4.78, 5) is 29.9. The molecular weight excluding hydrogens is 625 g/mol. The van der Waals surface area contributed by atoms with Gasteiger partial charge in [0, 0.05) is 29.6 Å². The molecule has 240 valence electrons. The zero-order valence-electron chi connectivity index (χ0n) is 25.6. The van der Waals surface area contributed by atoms with E-state index in [0.717, 1.165) is 35.6 Å². The van der Waals surface area contributed by atoms with Crippen molar-refractivity contribution < 1.29 is 22.4 Å². The second-order valence-electron chi connectivity index (χ2n) is 11.5. The summed E-state index contributed by atoms with van der Waals surface area (Å²) >= 11 is 6.43. The van der Waals surface area contributed by atoms with Crippen molar-refractivity contribution in [3.8, 4) is 0 Å². The van der Waals surface area contributed by atoms with E-state index >= 15 is 4.39 Å². The van der Waals surface area contributed by atoms with Crippen LogP contribution >= 0.6 is 11.6 Å². The van der Waals surface area contributed by atoms with E-state index in [4.69, 9.17) is 11.6 Å². The van der Waals surface area contributed by atoms with Crippen LogP contribution in [0.5, 0.6) is 0 Å². The van der Waals surface area contributed by atoms with Gasteiger partial charge in [-0.3, -0.25) is 13.9 Å². The standard InChI is InChI=1S/C36H37ClFN3O4S/c1-26-31(37)20-12-22-33(26)41(46(44,45)30-18-6-3-7-19-30)25-35(42)40(24-28-15-8-11-21-32(28)38)34(23-27-13-4-2-5-14-27)36(43)39-29-16-9-10-17-29/h2-8,11-15,18-22,29,34H,9-10,16-17,23-25H2,1H3,(H,39,43). The summed E-state index contributed by atoms with van der Waals surface area (Å²) in [7, 11) is -4.27. The Hall–Kier alpha value is -4.21. The molecule has 0 aliphatic heterocycles. The number of sulfonamides is 1. The number of halogens is 2. The van der Waals surface area contributed by atoms with Gasteiger partial charge in [-0.2, -0.15) is 0 Å². The average Bonchev–Trinajstić information content (AvgIpc) is 3.57. The van der Waals surface area contributed by atoms with Gasteiger partial charge < -0.3 is 10.2 Å². The number of amides is 2. The van der Waals surface area contributed by atoms with Crippen molar-refractivity contribution in [1.82, 2.24) is 10.2 Å². The zero-order chi connectivity index (χ0) is 32.7. The molecule has 1 N–H and O–H groups in total. The van der Waals surface area contributed by atoms with Crippen molar-refractivity contribution in [2.24, 2.45) is 0 Å². The molecule has 0 radical (unpaired) electrons. The molecule has 1 fully saturated rings. The Morgan fingerprint density at radius 1 is 0.891 bits per heavy atom. The third-order valence-electron chi connectivity index (χ3n) is 8.39. The van der Waals surface area contributed by atoms with Gasteiger partial charge in [-0.15, -0.1) is 0 Å². The molecule has 2 amide bonds. The van der Waals surface area contributed by atoms with E-state index in [9.17, 15) is 18.0 Å². The molecule has 7 nitrogen and oxygen atoms in total. The van der Waals surface area contributed by atoms with Crippen LogP contribution < -0.4 is 9.62 Å². The molecule has 1 aliphatic rings. The Labute approximate surface area is 275 Å². The number of carbonyl (C=O) groups is 2. The quantitative estimate of drug-likeness (QED) is 0.184. The highest BCUT2D eigenvalue weighted by Gasteiger charge is 2.36. The summed E-state index contributed by atoms with van der Waals surface area (Å²) in [6, 6.07) is 26.9. The first-order valence-corrected chi connectivity index (χ1v) is 17.2. The normalized spacial score (nSPS) is 14.1. The highest BCUT2D eigenvalue weighted by molar-refractivity contribution is 7.92. The molecule has 4 aromatic rings. The topological polar surface area (TPSA) is 86.8 Å². The molecule has 10 heteroatoms. The summed E-state index contributed by atoms with van der Waals surface area (Å²) in [5.41, 5.74) is 1.71. The van der Waals surface area contributed by atoms with E-state index < -0.39 is 34.3 Å². The molecule has 0 spiro atoms. The molecule has 0 heterocycles. The van der Waals surface area contributed by atoms with Gasteiger partial charge in [0.15, 0.2) is 0 Å². The molecular formula is C36H37ClFN3O4S. The molecule has 0 saturated heterocycles. The van der Waals surface area contributed by atoms with Crippen LogP contribution in [-0.2, 0) is 32.6 Å². The maximum absolute atomic E-state index is 15.1. The van der Waals surface area contributed by atoms with Gasteiger partial charge in [0.25, 0.3) is 10.0 Å². The SMILES string of the molecule is Cc1c(Cl)cccc1N(CC(=O)N(Cc1ccccc1F)C(Cc1ccccc1)C(=O)NC1CCCC1)S(=O)(=O)c1ccccc1. The van der Waals surface area contributed by atoms with Crippen LogP contribution in [0, 0.1) is 12.7 Å². The van der Waals surface area contributed by atoms with Gasteiger partial charge in [0.1, 0.15) is 18.4 Å². The van der Waals surface area contributed by atoms with Crippen LogP contribution in [0.1, 0.15) is 42.4 Å². The number of hydrogen-bond donors (Lipinski definition) is 1. The van der Waals surface area contributed by atoms with Gasteiger partial charge in [-0.25, -0.2) is 12.8 Å². The Morgan fingerprint density at radius 3 is 2.20 bits per heavy atom. The second-order valence-corrected chi connectivity index (χ2v) is 13.8. The fraction of sp³-hybridized carbons (Fsp3) is 0.278. The fourth-order valence-electron chi connectivity index (χ4n) is 5.83. The Balaban J connectivity index is 1.59. The summed E-state index contributed by atoms with van der Waals surface area (Å²) in [6.45, 7) is 0.795. The molecule has 46 heavy (non-hydrogen) atoms. The number of nitrogens with one attached hydrogen (secondary N) is 1. The number of carbonyl (C=O) groups excluding carboxylic acids is 2. The zero-order valence-corrected chi connectivity index (χ0v) is 27.2. The first-order valence-electron chi connectivity index (χ1n) is 15.3. The number of anilines is 1. The van der Waals surface area contributed by atoms with E-state index in [-0.39, 0.29) is 41.1 Å². The van der Waals surface area contributed by atoms with Crippen LogP contribution in [0.3, 0.4) is 0 Å². The van der Waals surface area contributed by atoms with Crippen molar-refractivity contribution in [3.05, 3.63) is 131 Å². The number of benzene rings is 4. The molecule has 1 unspecified atom stereocenters. The molecule has 1 saturated carbocycles. The highest BCUT2D eigenvalue weighted by atomic mass is 35.5. The van der Waals surface area contributed by atoms with Crippen molar-refractivity contribution in [1.29, 1.82) is 0 Å². The first kappa shape index (κ1) is 33.2. The van der Waals surface area contributed by atoms with Crippen LogP contribution in [-0.4, -0.2) is 43.8 Å². The van der Waals surface area contributed by atoms with Crippen molar-refractivity contribution in [2.75, 3.05) is 10.8 Å². The smallest absolute Gasteiger partial charge is 0.264 e. The molecule has 1 atom stereocenters. The van der Waals surface area contributed by atoms with Gasteiger partial charge in [0.2, 0.25) is 11.8 Å². The van der Waals surface area contributed by atoms with E-state index in [1.54, 1.807) is 61.5 Å². The lowest BCUT2D eigenvalue weighted by atomic mass is 10.0. The summed E-state index contributed by atoms with van der Waals surface area (Å²) in [5, 5.41) is 3.45. The lowest BCUT2D eigenvalue weighted by Crippen LogP contribution is -2.54. The summed E-state index contributed by atoms with van der Waals surface area (Å²) in [6.07, 6.45) is 3.82. The van der Waals surface area contributed by atoms with Gasteiger partial charge >= 0.3 is 0 Å². The number of nitrogens with zero attached hydrogens (tertiary/aromatic N) is 2. The number of hydrogen-bond acceptors (Lipinski definition) is 4. The number of rotatable bonds is 12. The van der Waals surface area contributed by atoms with Crippen molar-refractivity contribution >= 4 is 39.1 Å². The van der Waals surface area contributed by atoms with Crippen molar-refractivity contribution in [2.45, 2.75) is 62.6 Å². The molecule has 1 aliphatic carbocycles.